The van der Waals surface area contributed by atoms with Crippen LogP contribution >= 0.6 is 0 Å². The number of rotatable bonds is 0. The molecule has 113 valence electrons. The maximum Gasteiger partial charge on any atom is 2.00 e. The molecule has 4 nitrogen and oxygen atoms in total. The van der Waals surface area contributed by atoms with E-state index < -0.39 is 0 Å². The van der Waals surface area contributed by atoms with Crippen LogP contribution < -0.4 is 39.9 Å². The molecule has 8 N–H and O–H groups in total. The first-order chi connectivity index (χ1) is 7.61. The molecular weight excluding hydrogens is 344 g/mol. The fourth-order valence-corrected chi connectivity index (χ4v) is 2.38. The summed E-state index contributed by atoms with van der Waals surface area (Å²) in [7, 11) is 0. The Balaban J connectivity index is 0. The third-order valence-electron chi connectivity index (χ3n) is 3.75. The number of nitrogens with two attached hydrogens (primary N) is 4. The van der Waals surface area contributed by atoms with Gasteiger partial charge in [0.2, 0.25) is 0 Å². The second kappa shape index (κ2) is 11.6. The van der Waals surface area contributed by atoms with E-state index in [0.717, 1.165) is 25.7 Å². The Morgan fingerprint density at radius 2 is 0.667 bits per heavy atom. The molecule has 0 amide bonds. The average molecular weight is 372 g/mol. The summed E-state index contributed by atoms with van der Waals surface area (Å²) in [5.74, 6) is 0. The van der Waals surface area contributed by atoms with Gasteiger partial charge in [-0.3, -0.25) is 0 Å². The summed E-state index contributed by atoms with van der Waals surface area (Å²) in [6, 6.07) is 1.12. The molecule has 0 heterocycles. The minimum atomic E-state index is 0. The summed E-state index contributed by atoms with van der Waals surface area (Å²) < 4.78 is 0. The van der Waals surface area contributed by atoms with Crippen LogP contribution in [0.3, 0.4) is 0 Å². The standard InChI is InChI=1S/2C6H14N2.BrH.Cu/c2*7-5-3-1-2-4-6(5)8;;/h2*5-6H,1-4,7-8H2;1H;/q;;;+2/p-1/t2*5-,6-;;/m11../s1. The molecule has 2 fully saturated rings. The first kappa shape index (κ1) is 21.1. The maximum absolute atomic E-state index is 5.65. The predicted octanol–water partition coefficient (Wildman–Crippen LogP) is -2.57. The molecule has 4 atom stereocenters. The van der Waals surface area contributed by atoms with Gasteiger partial charge >= 0.3 is 17.1 Å². The van der Waals surface area contributed by atoms with Crippen molar-refractivity contribution in [1.29, 1.82) is 0 Å². The molecule has 0 aromatic rings. The van der Waals surface area contributed by atoms with Crippen molar-refractivity contribution in [3.63, 3.8) is 0 Å². The van der Waals surface area contributed by atoms with Crippen molar-refractivity contribution in [2.24, 2.45) is 22.9 Å². The molecule has 1 radical (unpaired) electrons. The molecule has 2 rings (SSSR count). The van der Waals surface area contributed by atoms with Gasteiger partial charge in [0.15, 0.2) is 0 Å². The van der Waals surface area contributed by atoms with Crippen molar-refractivity contribution in [2.75, 3.05) is 0 Å². The predicted molar refractivity (Wildman–Crippen MR) is 68.8 cm³/mol. The van der Waals surface area contributed by atoms with Crippen LogP contribution in [0.25, 0.3) is 0 Å². The maximum atomic E-state index is 5.65. The van der Waals surface area contributed by atoms with E-state index in [1.165, 1.54) is 25.7 Å². The van der Waals surface area contributed by atoms with Crippen LogP contribution in [0.15, 0.2) is 0 Å². The Morgan fingerprint density at radius 1 is 0.500 bits per heavy atom. The van der Waals surface area contributed by atoms with E-state index in [1.54, 1.807) is 0 Å². The van der Waals surface area contributed by atoms with Crippen molar-refractivity contribution in [1.82, 2.24) is 0 Å². The van der Waals surface area contributed by atoms with Crippen LogP contribution in [0.5, 0.6) is 0 Å². The Bertz CT molecular complexity index is 157. The summed E-state index contributed by atoms with van der Waals surface area (Å²) in [5.41, 5.74) is 22.6. The minimum absolute atomic E-state index is 0. The summed E-state index contributed by atoms with van der Waals surface area (Å²) in [6.07, 6.45) is 9.60. The second-order valence-electron chi connectivity index (χ2n) is 5.22. The summed E-state index contributed by atoms with van der Waals surface area (Å²) in [5, 5.41) is 0. The smallest absolute Gasteiger partial charge is 1.00 e. The van der Waals surface area contributed by atoms with Gasteiger partial charge in [-0.05, 0) is 25.7 Å². The summed E-state index contributed by atoms with van der Waals surface area (Å²) >= 11 is 0. The van der Waals surface area contributed by atoms with Gasteiger partial charge in [-0.2, -0.15) is 0 Å². The molecule has 0 aromatic carbocycles. The SMILES string of the molecule is N[C@@H]1CCCC[C@H]1N.N[C@@H]1CCCC[C@H]1N.[Br-].[Cu+2]. The first-order valence-electron chi connectivity index (χ1n) is 6.63. The Kier molecular flexibility index (Phi) is 13.7. The molecule has 0 saturated heterocycles. The molecule has 0 unspecified atom stereocenters. The summed E-state index contributed by atoms with van der Waals surface area (Å²) in [4.78, 5) is 0. The van der Waals surface area contributed by atoms with Crippen molar-refractivity contribution < 1.29 is 34.1 Å². The van der Waals surface area contributed by atoms with Crippen LogP contribution in [0.2, 0.25) is 0 Å². The van der Waals surface area contributed by atoms with Gasteiger partial charge in [0.1, 0.15) is 0 Å². The second-order valence-corrected chi connectivity index (χ2v) is 5.22. The van der Waals surface area contributed by atoms with Gasteiger partial charge in [0, 0.05) is 24.2 Å². The third-order valence-corrected chi connectivity index (χ3v) is 3.75. The summed E-state index contributed by atoms with van der Waals surface area (Å²) in [6.45, 7) is 0. The van der Waals surface area contributed by atoms with Crippen molar-refractivity contribution >= 4 is 0 Å². The third kappa shape index (κ3) is 8.10. The van der Waals surface area contributed by atoms with E-state index in [1.807, 2.05) is 0 Å². The van der Waals surface area contributed by atoms with Gasteiger partial charge in [-0.1, -0.05) is 25.7 Å². The monoisotopic (exact) mass is 370 g/mol. The fraction of sp³-hybridized carbons (Fsp3) is 1.00. The Morgan fingerprint density at radius 3 is 0.778 bits per heavy atom. The van der Waals surface area contributed by atoms with E-state index >= 15 is 0 Å². The molecular formula is C12H28BrCuN4+. The minimum Gasteiger partial charge on any atom is -1.00 e. The first-order valence-corrected chi connectivity index (χ1v) is 6.63. The van der Waals surface area contributed by atoms with E-state index in [9.17, 15) is 0 Å². The van der Waals surface area contributed by atoms with Crippen molar-refractivity contribution in [2.45, 2.75) is 75.5 Å². The van der Waals surface area contributed by atoms with Crippen LogP contribution in [-0.4, -0.2) is 24.2 Å². The van der Waals surface area contributed by atoms with Gasteiger partial charge in [-0.15, -0.1) is 0 Å². The van der Waals surface area contributed by atoms with Crippen LogP contribution in [-0.2, 0) is 17.1 Å². The average Bonchev–Trinajstić information content (AvgIpc) is 2.28. The van der Waals surface area contributed by atoms with Crippen molar-refractivity contribution in [3.8, 4) is 0 Å². The van der Waals surface area contributed by atoms with Gasteiger partial charge in [0.05, 0.1) is 0 Å². The fourth-order valence-electron chi connectivity index (χ4n) is 2.38. The van der Waals surface area contributed by atoms with Gasteiger partial charge in [-0.25, -0.2) is 0 Å². The van der Waals surface area contributed by atoms with E-state index in [0.29, 0.717) is 0 Å². The zero-order valence-electron chi connectivity index (χ0n) is 11.0. The zero-order chi connectivity index (χ0) is 12.0. The topological polar surface area (TPSA) is 104 Å². The molecule has 0 aliphatic heterocycles. The normalized spacial score (nSPS) is 35.3. The van der Waals surface area contributed by atoms with E-state index in [2.05, 4.69) is 0 Å². The molecule has 6 heteroatoms. The Labute approximate surface area is 132 Å². The molecule has 0 aromatic heterocycles. The van der Waals surface area contributed by atoms with Gasteiger partial charge in [0.25, 0.3) is 0 Å². The number of halogens is 1. The molecule has 0 spiro atoms. The number of hydrogen-bond acceptors (Lipinski definition) is 4. The molecule has 18 heavy (non-hydrogen) atoms. The van der Waals surface area contributed by atoms with Crippen LogP contribution in [0.4, 0.5) is 0 Å². The molecule has 2 aliphatic rings. The zero-order valence-corrected chi connectivity index (χ0v) is 13.5. The van der Waals surface area contributed by atoms with Crippen LogP contribution in [0.1, 0.15) is 51.4 Å². The van der Waals surface area contributed by atoms with Crippen molar-refractivity contribution in [3.05, 3.63) is 0 Å². The van der Waals surface area contributed by atoms with E-state index in [-0.39, 0.29) is 58.2 Å². The quantitative estimate of drug-likeness (QED) is 0.351. The van der Waals surface area contributed by atoms with Crippen LogP contribution in [0, 0.1) is 0 Å². The molecule has 2 saturated carbocycles. The largest absolute Gasteiger partial charge is 2.00 e. The Hall–Kier alpha value is 0.839. The molecule has 2 aliphatic carbocycles. The van der Waals surface area contributed by atoms with Gasteiger partial charge < -0.3 is 39.9 Å². The van der Waals surface area contributed by atoms with E-state index in [4.69, 9.17) is 22.9 Å². The number of hydrogen-bond donors (Lipinski definition) is 4. The molecule has 0 bridgehead atoms.